The molecule has 2 aromatic carbocycles. The van der Waals surface area contributed by atoms with E-state index in [0.717, 1.165) is 21.1 Å². The normalized spacial score (nSPS) is 10.5. The molecular formula is C18H15NO3S. The van der Waals surface area contributed by atoms with Crippen molar-refractivity contribution in [1.29, 1.82) is 0 Å². The fourth-order valence-corrected chi connectivity index (χ4v) is 3.15. The number of carboxylic acids is 1. The summed E-state index contributed by atoms with van der Waals surface area (Å²) in [5.74, 6) is -0.644. The van der Waals surface area contributed by atoms with Crippen LogP contribution < -0.4 is 4.74 Å². The van der Waals surface area contributed by atoms with Crippen molar-refractivity contribution in [2.45, 2.75) is 13.5 Å². The second kappa shape index (κ2) is 6.62. The van der Waals surface area contributed by atoms with E-state index in [1.807, 2.05) is 37.3 Å². The van der Waals surface area contributed by atoms with Crippen molar-refractivity contribution in [1.82, 2.24) is 4.98 Å². The summed E-state index contributed by atoms with van der Waals surface area (Å²) in [5.41, 5.74) is 2.17. The molecule has 1 N–H and O–H groups in total. The van der Waals surface area contributed by atoms with Crippen molar-refractivity contribution in [3.05, 3.63) is 70.0 Å². The molecule has 1 heterocycles. The molecule has 23 heavy (non-hydrogen) atoms. The number of para-hydroxylation sites is 1. The SMILES string of the molecule is Cc1sc(COc2ccccc2C(=O)O)nc1-c1ccccc1. The zero-order valence-electron chi connectivity index (χ0n) is 12.5. The zero-order valence-corrected chi connectivity index (χ0v) is 13.3. The molecule has 0 spiro atoms. The van der Waals surface area contributed by atoms with Crippen molar-refractivity contribution < 1.29 is 14.6 Å². The Labute approximate surface area is 138 Å². The van der Waals surface area contributed by atoms with E-state index in [1.165, 1.54) is 6.07 Å². The first-order chi connectivity index (χ1) is 11.1. The molecule has 5 heteroatoms. The van der Waals surface area contributed by atoms with E-state index in [-0.39, 0.29) is 12.2 Å². The van der Waals surface area contributed by atoms with Crippen molar-refractivity contribution >= 4 is 17.3 Å². The van der Waals surface area contributed by atoms with Gasteiger partial charge in [-0.3, -0.25) is 0 Å². The molecule has 0 atom stereocenters. The molecule has 116 valence electrons. The Bertz CT molecular complexity index is 827. The summed E-state index contributed by atoms with van der Waals surface area (Å²) in [7, 11) is 0. The van der Waals surface area contributed by atoms with E-state index in [9.17, 15) is 4.79 Å². The van der Waals surface area contributed by atoms with E-state index in [0.29, 0.717) is 5.75 Å². The average molecular weight is 325 g/mol. The summed E-state index contributed by atoms with van der Waals surface area (Å²) >= 11 is 1.56. The van der Waals surface area contributed by atoms with Crippen LogP contribution in [0.5, 0.6) is 5.75 Å². The molecule has 0 amide bonds. The van der Waals surface area contributed by atoms with Gasteiger partial charge in [0.15, 0.2) is 0 Å². The van der Waals surface area contributed by atoms with E-state index in [1.54, 1.807) is 29.5 Å². The van der Waals surface area contributed by atoms with Crippen LogP contribution in [0.3, 0.4) is 0 Å². The summed E-state index contributed by atoms with van der Waals surface area (Å²) in [4.78, 5) is 16.9. The van der Waals surface area contributed by atoms with Gasteiger partial charge in [-0.2, -0.15) is 0 Å². The van der Waals surface area contributed by atoms with Gasteiger partial charge >= 0.3 is 5.97 Å². The minimum absolute atomic E-state index is 0.157. The Kier molecular flexibility index (Phi) is 4.39. The first-order valence-corrected chi connectivity index (χ1v) is 7.93. The standard InChI is InChI=1S/C18H15NO3S/c1-12-17(13-7-3-2-4-8-13)19-16(23-12)11-22-15-10-6-5-9-14(15)18(20)21/h2-10H,11H2,1H3,(H,20,21). The number of carbonyl (C=O) groups is 1. The van der Waals surface area contributed by atoms with Gasteiger partial charge < -0.3 is 9.84 Å². The molecule has 0 radical (unpaired) electrons. The Hall–Kier alpha value is -2.66. The summed E-state index contributed by atoms with van der Waals surface area (Å²) in [5, 5.41) is 9.99. The van der Waals surface area contributed by atoms with Crippen LogP contribution in [0, 0.1) is 6.92 Å². The van der Waals surface area contributed by atoms with Gasteiger partial charge in [-0.1, -0.05) is 42.5 Å². The number of hydrogen-bond donors (Lipinski definition) is 1. The number of aromatic nitrogens is 1. The fraction of sp³-hybridized carbons (Fsp3) is 0.111. The van der Waals surface area contributed by atoms with Gasteiger partial charge in [0.25, 0.3) is 0 Å². The lowest BCUT2D eigenvalue weighted by Crippen LogP contribution is -2.03. The van der Waals surface area contributed by atoms with Crippen molar-refractivity contribution in [3.8, 4) is 17.0 Å². The van der Waals surface area contributed by atoms with Gasteiger partial charge in [-0.15, -0.1) is 11.3 Å². The first-order valence-electron chi connectivity index (χ1n) is 7.12. The molecular weight excluding hydrogens is 310 g/mol. The molecule has 0 bridgehead atoms. The Morgan fingerprint density at radius 3 is 2.57 bits per heavy atom. The topological polar surface area (TPSA) is 59.4 Å². The first kappa shape index (κ1) is 15.2. The summed E-state index contributed by atoms with van der Waals surface area (Å²) in [6.07, 6.45) is 0. The fourth-order valence-electron chi connectivity index (χ4n) is 2.29. The zero-order chi connectivity index (χ0) is 16.2. The number of rotatable bonds is 5. The Morgan fingerprint density at radius 2 is 1.83 bits per heavy atom. The van der Waals surface area contributed by atoms with E-state index < -0.39 is 5.97 Å². The molecule has 3 rings (SSSR count). The highest BCUT2D eigenvalue weighted by Crippen LogP contribution is 2.28. The van der Waals surface area contributed by atoms with Crippen molar-refractivity contribution in [2.24, 2.45) is 0 Å². The molecule has 3 aromatic rings. The number of aryl methyl sites for hydroxylation is 1. The number of hydrogen-bond acceptors (Lipinski definition) is 4. The lowest BCUT2D eigenvalue weighted by atomic mass is 10.1. The minimum atomic E-state index is -0.999. The molecule has 0 fully saturated rings. The van der Waals surface area contributed by atoms with Crippen LogP contribution in [0.25, 0.3) is 11.3 Å². The Morgan fingerprint density at radius 1 is 1.13 bits per heavy atom. The molecule has 1 aromatic heterocycles. The van der Waals surface area contributed by atoms with E-state index >= 15 is 0 Å². The molecule has 0 saturated carbocycles. The molecule has 0 saturated heterocycles. The van der Waals surface area contributed by atoms with Crippen LogP contribution in [0.2, 0.25) is 0 Å². The largest absolute Gasteiger partial charge is 0.486 e. The smallest absolute Gasteiger partial charge is 0.339 e. The third kappa shape index (κ3) is 3.40. The average Bonchev–Trinajstić information content (AvgIpc) is 2.95. The number of carboxylic acid groups (broad SMARTS) is 1. The maximum absolute atomic E-state index is 11.2. The molecule has 0 unspecified atom stereocenters. The molecule has 0 aliphatic heterocycles. The van der Waals surface area contributed by atoms with Gasteiger partial charge in [0.1, 0.15) is 22.9 Å². The summed E-state index contributed by atoms with van der Waals surface area (Å²) in [6, 6.07) is 16.6. The third-order valence-electron chi connectivity index (χ3n) is 3.36. The minimum Gasteiger partial charge on any atom is -0.486 e. The van der Waals surface area contributed by atoms with Crippen LogP contribution in [-0.2, 0) is 6.61 Å². The highest BCUT2D eigenvalue weighted by Gasteiger charge is 2.13. The number of ether oxygens (including phenoxy) is 1. The second-order valence-corrected chi connectivity index (χ2v) is 6.26. The second-order valence-electron chi connectivity index (χ2n) is 4.97. The predicted molar refractivity (Wildman–Crippen MR) is 90.0 cm³/mol. The quantitative estimate of drug-likeness (QED) is 0.755. The van der Waals surface area contributed by atoms with Crippen molar-refractivity contribution in [2.75, 3.05) is 0 Å². The molecule has 0 aliphatic carbocycles. The highest BCUT2D eigenvalue weighted by atomic mass is 32.1. The van der Waals surface area contributed by atoms with Crippen LogP contribution in [0.15, 0.2) is 54.6 Å². The maximum Gasteiger partial charge on any atom is 0.339 e. The number of thiazole rings is 1. The monoisotopic (exact) mass is 325 g/mol. The Balaban J connectivity index is 1.79. The lowest BCUT2D eigenvalue weighted by molar-refractivity contribution is 0.0691. The van der Waals surface area contributed by atoms with Gasteiger partial charge in [-0.25, -0.2) is 9.78 Å². The van der Waals surface area contributed by atoms with Gasteiger partial charge in [-0.05, 0) is 19.1 Å². The van der Waals surface area contributed by atoms with E-state index in [2.05, 4.69) is 4.98 Å². The predicted octanol–water partition coefficient (Wildman–Crippen LogP) is 4.40. The maximum atomic E-state index is 11.2. The van der Waals surface area contributed by atoms with Crippen LogP contribution >= 0.6 is 11.3 Å². The molecule has 4 nitrogen and oxygen atoms in total. The van der Waals surface area contributed by atoms with Gasteiger partial charge in [0.2, 0.25) is 0 Å². The van der Waals surface area contributed by atoms with Crippen LogP contribution in [0.4, 0.5) is 0 Å². The van der Waals surface area contributed by atoms with E-state index in [4.69, 9.17) is 9.84 Å². The summed E-state index contributed by atoms with van der Waals surface area (Å²) < 4.78 is 5.66. The lowest BCUT2D eigenvalue weighted by Gasteiger charge is -2.06. The highest BCUT2D eigenvalue weighted by molar-refractivity contribution is 7.12. The van der Waals surface area contributed by atoms with Gasteiger partial charge in [0.05, 0.1) is 5.69 Å². The third-order valence-corrected chi connectivity index (χ3v) is 4.30. The molecule has 0 aliphatic rings. The van der Waals surface area contributed by atoms with Crippen LogP contribution in [0.1, 0.15) is 20.2 Å². The number of nitrogens with zero attached hydrogens (tertiary/aromatic N) is 1. The van der Waals surface area contributed by atoms with Crippen LogP contribution in [-0.4, -0.2) is 16.1 Å². The summed E-state index contributed by atoms with van der Waals surface area (Å²) in [6.45, 7) is 2.28. The number of benzene rings is 2. The van der Waals surface area contributed by atoms with Crippen molar-refractivity contribution in [3.63, 3.8) is 0 Å². The number of aromatic carboxylic acids is 1. The van der Waals surface area contributed by atoms with Gasteiger partial charge in [0, 0.05) is 10.4 Å².